The third-order valence-electron chi connectivity index (χ3n) is 5.66. The van der Waals surface area contributed by atoms with Gasteiger partial charge < -0.3 is 19.1 Å². The van der Waals surface area contributed by atoms with Gasteiger partial charge in [-0.15, -0.1) is 0 Å². The van der Waals surface area contributed by atoms with Gasteiger partial charge in [-0.05, 0) is 25.5 Å². The second kappa shape index (κ2) is 8.57. The van der Waals surface area contributed by atoms with Gasteiger partial charge >= 0.3 is 5.97 Å². The van der Waals surface area contributed by atoms with Crippen LogP contribution in [0.4, 0.5) is 5.69 Å². The van der Waals surface area contributed by atoms with Crippen molar-refractivity contribution < 1.29 is 28.7 Å². The van der Waals surface area contributed by atoms with E-state index in [1.807, 2.05) is 30.3 Å². The van der Waals surface area contributed by atoms with Gasteiger partial charge in [0, 0.05) is 30.7 Å². The highest BCUT2D eigenvalue weighted by atomic mass is 16.6. The molecule has 0 spiro atoms. The first-order valence-corrected chi connectivity index (χ1v) is 10.5. The standard InChI is InChI=1S/C24H24N2O7/c1-15(27)32-23-22(19-11-17(26(29)30)9-10-20(19)33-24(23,2)3)25-13-18(12-21(25)28)31-14-16-7-5-4-6-8-16/h4-12,22-23H,13-14H2,1-3H3. The maximum Gasteiger partial charge on any atom is 0.303 e. The van der Waals surface area contributed by atoms with Gasteiger partial charge in [0.25, 0.3) is 11.6 Å². The van der Waals surface area contributed by atoms with Crippen LogP contribution >= 0.6 is 0 Å². The molecule has 0 radical (unpaired) electrons. The molecule has 2 aromatic carbocycles. The highest BCUT2D eigenvalue weighted by molar-refractivity contribution is 5.91. The molecule has 1 amide bonds. The number of carbonyl (C=O) groups is 2. The van der Waals surface area contributed by atoms with Gasteiger partial charge in [-0.1, -0.05) is 30.3 Å². The van der Waals surface area contributed by atoms with Gasteiger partial charge in [-0.2, -0.15) is 0 Å². The zero-order valence-electron chi connectivity index (χ0n) is 18.5. The molecular formula is C24H24N2O7. The molecule has 0 N–H and O–H groups in total. The zero-order valence-corrected chi connectivity index (χ0v) is 18.5. The van der Waals surface area contributed by atoms with Crippen molar-refractivity contribution >= 4 is 17.6 Å². The van der Waals surface area contributed by atoms with Crippen molar-refractivity contribution in [1.29, 1.82) is 0 Å². The van der Waals surface area contributed by atoms with Crippen molar-refractivity contribution in [3.05, 3.63) is 81.6 Å². The molecule has 33 heavy (non-hydrogen) atoms. The molecule has 4 rings (SSSR count). The molecule has 0 aromatic heterocycles. The second-order valence-corrected chi connectivity index (χ2v) is 8.51. The number of amides is 1. The number of hydrogen-bond acceptors (Lipinski definition) is 7. The summed E-state index contributed by atoms with van der Waals surface area (Å²) in [6.45, 7) is 5.20. The number of carbonyl (C=O) groups excluding carboxylic acids is 2. The van der Waals surface area contributed by atoms with Crippen LogP contribution in [-0.4, -0.2) is 39.9 Å². The molecule has 2 atom stereocenters. The summed E-state index contributed by atoms with van der Waals surface area (Å²) >= 11 is 0. The minimum absolute atomic E-state index is 0.131. The van der Waals surface area contributed by atoms with Crippen molar-refractivity contribution in [1.82, 2.24) is 4.90 Å². The van der Waals surface area contributed by atoms with Crippen LogP contribution in [0.5, 0.6) is 5.75 Å². The predicted molar refractivity (Wildman–Crippen MR) is 117 cm³/mol. The van der Waals surface area contributed by atoms with Crippen LogP contribution in [0.2, 0.25) is 0 Å². The molecule has 0 bridgehead atoms. The van der Waals surface area contributed by atoms with Crippen LogP contribution in [0.1, 0.15) is 37.9 Å². The van der Waals surface area contributed by atoms with E-state index < -0.39 is 28.6 Å². The van der Waals surface area contributed by atoms with Crippen LogP contribution in [0.25, 0.3) is 0 Å². The Labute approximate surface area is 190 Å². The first-order chi connectivity index (χ1) is 15.7. The Bertz CT molecular complexity index is 1130. The van der Waals surface area contributed by atoms with Gasteiger partial charge in [0.05, 0.1) is 11.5 Å². The fourth-order valence-electron chi connectivity index (χ4n) is 4.16. The molecular weight excluding hydrogens is 428 g/mol. The first kappa shape index (κ1) is 22.3. The minimum Gasteiger partial charge on any atom is -0.491 e. The van der Waals surface area contributed by atoms with Crippen LogP contribution in [0.15, 0.2) is 60.4 Å². The van der Waals surface area contributed by atoms with E-state index in [1.165, 1.54) is 36.1 Å². The van der Waals surface area contributed by atoms with Crippen LogP contribution < -0.4 is 4.74 Å². The van der Waals surface area contributed by atoms with E-state index in [2.05, 4.69) is 0 Å². The summed E-state index contributed by atoms with van der Waals surface area (Å²) in [7, 11) is 0. The summed E-state index contributed by atoms with van der Waals surface area (Å²) in [5.74, 6) is -0.0294. The lowest BCUT2D eigenvalue weighted by molar-refractivity contribution is -0.385. The zero-order chi connectivity index (χ0) is 23.8. The van der Waals surface area contributed by atoms with E-state index in [1.54, 1.807) is 13.8 Å². The number of non-ortho nitro benzene ring substituents is 1. The van der Waals surface area contributed by atoms with E-state index in [9.17, 15) is 19.7 Å². The third kappa shape index (κ3) is 4.52. The Hall–Kier alpha value is -3.88. The Morgan fingerprint density at radius 2 is 1.97 bits per heavy atom. The van der Waals surface area contributed by atoms with Crippen LogP contribution in [-0.2, 0) is 25.7 Å². The number of hydrogen-bond donors (Lipinski definition) is 0. The second-order valence-electron chi connectivity index (χ2n) is 8.51. The molecule has 9 heteroatoms. The van der Waals surface area contributed by atoms with Crippen LogP contribution in [0.3, 0.4) is 0 Å². The molecule has 0 aliphatic carbocycles. The summed E-state index contributed by atoms with van der Waals surface area (Å²) in [6.07, 6.45) is 0.503. The number of fused-ring (bicyclic) bond motifs is 1. The Morgan fingerprint density at radius 1 is 1.24 bits per heavy atom. The quantitative estimate of drug-likeness (QED) is 0.374. The minimum atomic E-state index is -0.993. The smallest absolute Gasteiger partial charge is 0.303 e. The predicted octanol–water partition coefficient (Wildman–Crippen LogP) is 3.68. The Morgan fingerprint density at radius 3 is 2.64 bits per heavy atom. The molecule has 2 unspecified atom stereocenters. The molecule has 2 aromatic rings. The van der Waals surface area contributed by atoms with Gasteiger partial charge in [-0.25, -0.2) is 0 Å². The molecule has 2 aliphatic heterocycles. The van der Waals surface area contributed by atoms with Crippen molar-refractivity contribution in [3.8, 4) is 5.75 Å². The lowest BCUT2D eigenvalue weighted by Crippen LogP contribution is -2.55. The largest absolute Gasteiger partial charge is 0.491 e. The van der Waals surface area contributed by atoms with Crippen LogP contribution in [0, 0.1) is 10.1 Å². The molecule has 0 saturated carbocycles. The number of esters is 1. The average molecular weight is 452 g/mol. The summed E-state index contributed by atoms with van der Waals surface area (Å²) in [4.78, 5) is 37.3. The maximum atomic E-state index is 13.0. The van der Waals surface area contributed by atoms with Crippen molar-refractivity contribution in [2.45, 2.75) is 45.1 Å². The van der Waals surface area contributed by atoms with Crippen molar-refractivity contribution in [2.24, 2.45) is 0 Å². The van der Waals surface area contributed by atoms with Crippen molar-refractivity contribution in [3.63, 3.8) is 0 Å². The molecule has 9 nitrogen and oxygen atoms in total. The Kier molecular flexibility index (Phi) is 5.80. The maximum absolute atomic E-state index is 13.0. The number of nitro groups is 1. The molecule has 0 saturated heterocycles. The van der Waals surface area contributed by atoms with Gasteiger partial charge in [0.1, 0.15) is 29.8 Å². The van der Waals surface area contributed by atoms with Gasteiger partial charge in [0.15, 0.2) is 6.10 Å². The summed E-state index contributed by atoms with van der Waals surface area (Å²) < 4.78 is 17.5. The number of nitro benzene ring substituents is 1. The van der Waals surface area contributed by atoms with Gasteiger partial charge in [-0.3, -0.25) is 19.7 Å². The number of nitrogens with zero attached hydrogens (tertiary/aromatic N) is 2. The summed E-state index contributed by atoms with van der Waals surface area (Å²) in [5.41, 5.74) is 0.216. The summed E-state index contributed by atoms with van der Waals surface area (Å²) in [6, 6.07) is 13.0. The van der Waals surface area contributed by atoms with Gasteiger partial charge in [0.2, 0.25) is 0 Å². The molecule has 0 fully saturated rings. The van der Waals surface area contributed by atoms with E-state index in [0.717, 1.165) is 5.56 Å². The monoisotopic (exact) mass is 452 g/mol. The van der Waals surface area contributed by atoms with E-state index in [4.69, 9.17) is 14.2 Å². The first-order valence-electron chi connectivity index (χ1n) is 10.5. The highest BCUT2D eigenvalue weighted by Gasteiger charge is 2.51. The van der Waals surface area contributed by atoms with E-state index in [0.29, 0.717) is 23.7 Å². The molecule has 2 heterocycles. The van der Waals surface area contributed by atoms with Crippen molar-refractivity contribution in [2.75, 3.05) is 6.54 Å². The molecule has 2 aliphatic rings. The normalized spacial score (nSPS) is 21.0. The average Bonchev–Trinajstić information content (AvgIpc) is 3.12. The Balaban J connectivity index is 1.67. The fraction of sp³-hybridized carbons (Fsp3) is 0.333. The number of rotatable bonds is 6. The number of ether oxygens (including phenoxy) is 3. The fourth-order valence-corrected chi connectivity index (χ4v) is 4.16. The number of benzene rings is 2. The third-order valence-corrected chi connectivity index (χ3v) is 5.66. The van der Waals surface area contributed by atoms with E-state index in [-0.39, 0.29) is 18.1 Å². The SMILES string of the molecule is CC(=O)OC1C(N2CC(OCc3ccccc3)=CC2=O)c2cc([N+](=O)[O-])ccc2OC1(C)C. The molecule has 172 valence electrons. The summed E-state index contributed by atoms with van der Waals surface area (Å²) in [5, 5.41) is 11.4. The highest BCUT2D eigenvalue weighted by Crippen LogP contribution is 2.46. The topological polar surface area (TPSA) is 108 Å². The lowest BCUT2D eigenvalue weighted by Gasteiger charge is -2.46. The van der Waals surface area contributed by atoms with E-state index >= 15 is 0 Å². The lowest BCUT2D eigenvalue weighted by atomic mass is 9.85.